The molecule has 56 valence electrons. The summed E-state index contributed by atoms with van der Waals surface area (Å²) < 4.78 is 5.22. The van der Waals surface area contributed by atoms with Crippen molar-refractivity contribution in [1.29, 1.82) is 0 Å². The van der Waals surface area contributed by atoms with Crippen molar-refractivity contribution in [2.75, 3.05) is 20.7 Å². The topological polar surface area (TPSA) is 12.5 Å². The highest BCUT2D eigenvalue weighted by Crippen LogP contribution is 2.10. The van der Waals surface area contributed by atoms with Gasteiger partial charge in [-0.25, -0.2) is 0 Å². The fourth-order valence-corrected chi connectivity index (χ4v) is 0.537. The lowest BCUT2D eigenvalue weighted by Crippen LogP contribution is -2.42. The summed E-state index contributed by atoms with van der Waals surface area (Å²) in [6.45, 7) is 7.23. The fourth-order valence-electron chi connectivity index (χ4n) is 0.537. The van der Waals surface area contributed by atoms with Crippen LogP contribution in [0.25, 0.3) is 0 Å². The van der Waals surface area contributed by atoms with E-state index in [1.54, 1.807) is 7.11 Å². The van der Waals surface area contributed by atoms with Gasteiger partial charge in [-0.2, -0.15) is 0 Å². The minimum atomic E-state index is -0.116. The van der Waals surface area contributed by atoms with Gasteiger partial charge in [0.1, 0.15) is 5.72 Å². The summed E-state index contributed by atoms with van der Waals surface area (Å²) in [4.78, 5) is 2.15. The van der Waals surface area contributed by atoms with E-state index in [0.717, 1.165) is 6.54 Å². The molecule has 0 amide bonds. The van der Waals surface area contributed by atoms with Crippen LogP contribution in [0.15, 0.2) is 0 Å². The van der Waals surface area contributed by atoms with Crippen LogP contribution in [-0.4, -0.2) is 31.3 Å². The minimum absolute atomic E-state index is 0.116. The van der Waals surface area contributed by atoms with Crippen molar-refractivity contribution in [3.05, 3.63) is 0 Å². The smallest absolute Gasteiger partial charge is 0.115 e. The first-order chi connectivity index (χ1) is 4.04. The Balaban J connectivity index is 3.80. The lowest BCUT2D eigenvalue weighted by Gasteiger charge is -2.32. The molecule has 0 aliphatic heterocycles. The first kappa shape index (κ1) is 8.92. The number of rotatable bonds is 3. The molecule has 0 heterocycles. The first-order valence-corrected chi connectivity index (χ1v) is 3.31. The van der Waals surface area contributed by atoms with E-state index in [4.69, 9.17) is 4.74 Å². The second kappa shape index (κ2) is 3.18. The third-order valence-corrected chi connectivity index (χ3v) is 1.89. The molecule has 0 fully saturated rings. The molecule has 0 N–H and O–H groups in total. The van der Waals surface area contributed by atoms with Gasteiger partial charge in [0.15, 0.2) is 0 Å². The Labute approximate surface area is 57.8 Å². The van der Waals surface area contributed by atoms with Crippen LogP contribution in [0.5, 0.6) is 0 Å². The van der Waals surface area contributed by atoms with Gasteiger partial charge >= 0.3 is 0 Å². The molecule has 2 heteroatoms. The fraction of sp³-hybridized carbons (Fsp3) is 1.00. The lowest BCUT2D eigenvalue weighted by atomic mass is 10.3. The van der Waals surface area contributed by atoms with E-state index in [1.807, 2.05) is 7.05 Å². The van der Waals surface area contributed by atoms with Crippen LogP contribution < -0.4 is 0 Å². The monoisotopic (exact) mass is 131 g/mol. The van der Waals surface area contributed by atoms with Crippen LogP contribution in [-0.2, 0) is 4.74 Å². The Kier molecular flexibility index (Phi) is 3.15. The number of hydrogen-bond donors (Lipinski definition) is 0. The zero-order chi connectivity index (χ0) is 7.49. The Hall–Kier alpha value is -0.0800. The molecule has 0 rings (SSSR count). The van der Waals surface area contributed by atoms with Crippen LogP contribution in [0.4, 0.5) is 0 Å². The minimum Gasteiger partial charge on any atom is -0.364 e. The number of ether oxygens (including phenoxy) is 1. The molecule has 0 radical (unpaired) electrons. The van der Waals surface area contributed by atoms with Crippen molar-refractivity contribution < 1.29 is 4.74 Å². The third-order valence-electron chi connectivity index (χ3n) is 1.89. The van der Waals surface area contributed by atoms with Gasteiger partial charge in [-0.3, -0.25) is 4.90 Å². The van der Waals surface area contributed by atoms with Crippen molar-refractivity contribution in [2.45, 2.75) is 26.5 Å². The van der Waals surface area contributed by atoms with E-state index in [2.05, 4.69) is 25.7 Å². The quantitative estimate of drug-likeness (QED) is 0.536. The lowest BCUT2D eigenvalue weighted by molar-refractivity contribution is -0.0938. The normalized spacial score (nSPS) is 12.7. The molecular weight excluding hydrogens is 114 g/mol. The van der Waals surface area contributed by atoms with E-state index in [9.17, 15) is 0 Å². The second-order valence-corrected chi connectivity index (χ2v) is 2.67. The summed E-state index contributed by atoms with van der Waals surface area (Å²) in [6, 6.07) is 0. The molecule has 0 aromatic rings. The molecule has 0 unspecified atom stereocenters. The van der Waals surface area contributed by atoms with Gasteiger partial charge < -0.3 is 4.74 Å². The van der Waals surface area contributed by atoms with Crippen molar-refractivity contribution in [3.63, 3.8) is 0 Å². The molecule has 0 aromatic heterocycles. The molecule has 0 spiro atoms. The standard InChI is InChI=1S/C7H17NO/c1-6-8(4)7(2,3)9-5/h6H2,1-5H3. The molecule has 0 atom stereocenters. The Bertz CT molecular complexity index is 81.0. The molecule has 0 bridgehead atoms. The molecule has 9 heavy (non-hydrogen) atoms. The molecule has 0 aromatic carbocycles. The van der Waals surface area contributed by atoms with Gasteiger partial charge in [-0.15, -0.1) is 0 Å². The van der Waals surface area contributed by atoms with Gasteiger partial charge in [0.2, 0.25) is 0 Å². The highest BCUT2D eigenvalue weighted by molar-refractivity contribution is 4.64. The predicted octanol–water partition coefficient (Wildman–Crippen LogP) is 1.32. The summed E-state index contributed by atoms with van der Waals surface area (Å²) >= 11 is 0. The van der Waals surface area contributed by atoms with Crippen molar-refractivity contribution >= 4 is 0 Å². The molecule has 2 nitrogen and oxygen atoms in total. The van der Waals surface area contributed by atoms with E-state index < -0.39 is 0 Å². The average molecular weight is 131 g/mol. The summed E-state index contributed by atoms with van der Waals surface area (Å²) in [7, 11) is 3.77. The van der Waals surface area contributed by atoms with E-state index >= 15 is 0 Å². The highest BCUT2D eigenvalue weighted by Gasteiger charge is 2.19. The first-order valence-electron chi connectivity index (χ1n) is 3.31. The Morgan fingerprint density at radius 3 is 2.00 bits per heavy atom. The Morgan fingerprint density at radius 2 is 1.89 bits per heavy atom. The maximum atomic E-state index is 5.22. The van der Waals surface area contributed by atoms with Gasteiger partial charge in [0, 0.05) is 7.11 Å². The van der Waals surface area contributed by atoms with Crippen molar-refractivity contribution in [3.8, 4) is 0 Å². The largest absolute Gasteiger partial charge is 0.364 e. The van der Waals surface area contributed by atoms with E-state index in [0.29, 0.717) is 0 Å². The zero-order valence-corrected chi connectivity index (χ0v) is 7.06. The third kappa shape index (κ3) is 2.33. The van der Waals surface area contributed by atoms with Crippen LogP contribution >= 0.6 is 0 Å². The summed E-state index contributed by atoms with van der Waals surface area (Å²) in [5.74, 6) is 0. The number of nitrogens with zero attached hydrogens (tertiary/aromatic N) is 1. The maximum absolute atomic E-state index is 5.22. The molecular formula is C7H17NO. The predicted molar refractivity (Wildman–Crippen MR) is 39.4 cm³/mol. The highest BCUT2D eigenvalue weighted by atomic mass is 16.5. The van der Waals surface area contributed by atoms with Gasteiger partial charge in [0.05, 0.1) is 0 Å². The summed E-state index contributed by atoms with van der Waals surface area (Å²) in [6.07, 6.45) is 0. The molecule has 0 saturated heterocycles. The molecule has 0 aliphatic carbocycles. The molecule has 0 saturated carbocycles. The SMILES string of the molecule is CCN(C)C(C)(C)OC. The van der Waals surface area contributed by atoms with Crippen LogP contribution in [0.3, 0.4) is 0 Å². The van der Waals surface area contributed by atoms with Crippen LogP contribution in [0.1, 0.15) is 20.8 Å². The Morgan fingerprint density at radius 1 is 1.44 bits per heavy atom. The van der Waals surface area contributed by atoms with Gasteiger partial charge in [-0.05, 0) is 27.4 Å². The van der Waals surface area contributed by atoms with E-state index in [-0.39, 0.29) is 5.72 Å². The average Bonchev–Trinajstić information content (AvgIpc) is 1.86. The second-order valence-electron chi connectivity index (χ2n) is 2.67. The van der Waals surface area contributed by atoms with Crippen LogP contribution in [0.2, 0.25) is 0 Å². The summed E-state index contributed by atoms with van der Waals surface area (Å²) in [5, 5.41) is 0. The number of methoxy groups -OCH3 is 1. The maximum Gasteiger partial charge on any atom is 0.115 e. The van der Waals surface area contributed by atoms with E-state index in [1.165, 1.54) is 0 Å². The summed E-state index contributed by atoms with van der Waals surface area (Å²) in [5.41, 5.74) is -0.116. The molecule has 0 aliphatic rings. The zero-order valence-electron chi connectivity index (χ0n) is 7.06. The van der Waals surface area contributed by atoms with Crippen LogP contribution in [0, 0.1) is 0 Å². The number of hydrogen-bond acceptors (Lipinski definition) is 2. The van der Waals surface area contributed by atoms with Gasteiger partial charge in [0.25, 0.3) is 0 Å². The van der Waals surface area contributed by atoms with Gasteiger partial charge in [-0.1, -0.05) is 6.92 Å². The van der Waals surface area contributed by atoms with Crippen molar-refractivity contribution in [2.24, 2.45) is 0 Å². The van der Waals surface area contributed by atoms with Crippen molar-refractivity contribution in [1.82, 2.24) is 4.90 Å².